The number of hydrogen-bond acceptors (Lipinski definition) is 5. The molecule has 168 valence electrons. The quantitative estimate of drug-likeness (QED) is 0.559. The van der Waals surface area contributed by atoms with Crippen LogP contribution in [0.25, 0.3) is 0 Å². The van der Waals surface area contributed by atoms with Gasteiger partial charge in [0.15, 0.2) is 0 Å². The molecule has 1 aliphatic heterocycles. The lowest BCUT2D eigenvalue weighted by atomic mass is 9.96. The second-order valence-electron chi connectivity index (χ2n) is 7.45. The maximum absolute atomic E-state index is 13.2. The third-order valence-electron chi connectivity index (χ3n) is 5.39. The van der Waals surface area contributed by atoms with Gasteiger partial charge in [-0.15, -0.1) is 0 Å². The zero-order chi connectivity index (χ0) is 22.9. The Morgan fingerprint density at radius 1 is 1.00 bits per heavy atom. The summed E-state index contributed by atoms with van der Waals surface area (Å²) in [6.07, 6.45) is 7.59. The van der Waals surface area contributed by atoms with Crippen molar-refractivity contribution in [3.05, 3.63) is 58.6 Å². The number of nitrogens with one attached hydrogen (secondary N) is 1. The molecule has 0 bridgehead atoms. The Balaban J connectivity index is 0.00000107. The molecule has 0 saturated heterocycles. The van der Waals surface area contributed by atoms with Gasteiger partial charge in [0.05, 0.1) is 16.6 Å². The summed E-state index contributed by atoms with van der Waals surface area (Å²) in [6, 6.07) is 12.7. The van der Waals surface area contributed by atoms with Crippen LogP contribution in [-0.4, -0.2) is 28.2 Å². The number of nitrogens with zero attached hydrogens (tertiary/aromatic N) is 1. The molecule has 0 amide bonds. The fourth-order valence-corrected chi connectivity index (χ4v) is 5.52. The molecule has 6 nitrogen and oxygen atoms in total. The number of hydrogen-bond donors (Lipinski definition) is 1. The van der Waals surface area contributed by atoms with Crippen molar-refractivity contribution in [2.45, 2.75) is 56.4 Å². The number of carbonyl (C=O) groups excluding carboxylic acids is 2. The second kappa shape index (κ2) is 12.0. The van der Waals surface area contributed by atoms with Gasteiger partial charge < -0.3 is 5.32 Å². The summed E-state index contributed by atoms with van der Waals surface area (Å²) in [5, 5.41) is 4.04. The van der Waals surface area contributed by atoms with Crippen LogP contribution in [0.4, 0.5) is 5.69 Å². The van der Waals surface area contributed by atoms with Crippen molar-refractivity contribution in [2.24, 2.45) is 0 Å². The first-order chi connectivity index (χ1) is 14.9. The monoisotopic (exact) mass is 464 g/mol. The summed E-state index contributed by atoms with van der Waals surface area (Å²) in [4.78, 5) is 16.5. The van der Waals surface area contributed by atoms with Gasteiger partial charge in [-0.1, -0.05) is 74.9 Å². The Kier molecular flexibility index (Phi) is 9.72. The number of anilines is 1. The highest BCUT2D eigenvalue weighted by molar-refractivity contribution is 7.92. The number of rotatable bonds is 8. The third kappa shape index (κ3) is 6.17. The van der Waals surface area contributed by atoms with Crippen molar-refractivity contribution in [1.82, 2.24) is 5.32 Å². The molecule has 1 aliphatic rings. The van der Waals surface area contributed by atoms with Crippen LogP contribution in [0, 0.1) is 0 Å². The van der Waals surface area contributed by atoms with Crippen molar-refractivity contribution >= 4 is 33.5 Å². The molecule has 1 N–H and O–H groups in total. The van der Waals surface area contributed by atoms with E-state index in [2.05, 4.69) is 12.2 Å². The van der Waals surface area contributed by atoms with Gasteiger partial charge in [0, 0.05) is 12.1 Å². The molecule has 1 unspecified atom stereocenters. The first kappa shape index (κ1) is 25.1. The number of unbranched alkanes of at least 4 members (excludes halogenated alkanes) is 5. The second-order valence-corrected chi connectivity index (χ2v) is 9.83. The van der Waals surface area contributed by atoms with E-state index in [1.54, 1.807) is 19.2 Å². The van der Waals surface area contributed by atoms with Crippen LogP contribution in [0.5, 0.6) is 0 Å². The fraction of sp³-hybridized carbons (Fsp3) is 0.435. The zero-order valence-corrected chi connectivity index (χ0v) is 19.5. The Labute approximate surface area is 189 Å². The maximum atomic E-state index is 13.2. The first-order valence-electron chi connectivity index (χ1n) is 10.5. The Morgan fingerprint density at radius 2 is 1.65 bits per heavy atom. The lowest BCUT2D eigenvalue weighted by Crippen LogP contribution is -2.26. The van der Waals surface area contributed by atoms with Crippen LogP contribution in [0.2, 0.25) is 5.02 Å². The average molecular weight is 465 g/mol. The van der Waals surface area contributed by atoms with Gasteiger partial charge in [-0.3, -0.25) is 4.31 Å². The molecule has 0 aliphatic carbocycles. The molecule has 0 saturated carbocycles. The molecule has 3 rings (SSSR count). The first-order valence-corrected chi connectivity index (χ1v) is 12.3. The molecule has 0 radical (unpaired) electrons. The molecule has 31 heavy (non-hydrogen) atoms. The third-order valence-corrected chi connectivity index (χ3v) is 7.45. The minimum atomic E-state index is -3.66. The molecule has 8 heteroatoms. The van der Waals surface area contributed by atoms with E-state index in [9.17, 15) is 8.42 Å². The highest BCUT2D eigenvalue weighted by atomic mass is 35.5. The number of sulfonamides is 1. The van der Waals surface area contributed by atoms with Crippen LogP contribution >= 0.6 is 11.6 Å². The number of benzene rings is 2. The van der Waals surface area contributed by atoms with Gasteiger partial charge in [-0.2, -0.15) is 9.59 Å². The fourth-order valence-electron chi connectivity index (χ4n) is 3.80. The van der Waals surface area contributed by atoms with Crippen molar-refractivity contribution in [3.63, 3.8) is 0 Å². The van der Waals surface area contributed by atoms with Gasteiger partial charge in [-0.05, 0) is 42.3 Å². The van der Waals surface area contributed by atoms with E-state index in [1.807, 2.05) is 30.3 Å². The number of halogens is 1. The normalized spacial score (nSPS) is 16.2. The van der Waals surface area contributed by atoms with E-state index in [4.69, 9.17) is 21.2 Å². The summed E-state index contributed by atoms with van der Waals surface area (Å²) in [5.74, 6) is 0. The molecule has 0 aromatic heterocycles. The zero-order valence-electron chi connectivity index (χ0n) is 17.9. The number of fused-ring (bicyclic) bond motifs is 2. The molecule has 1 heterocycles. The van der Waals surface area contributed by atoms with Crippen LogP contribution in [-0.2, 0) is 19.6 Å². The summed E-state index contributed by atoms with van der Waals surface area (Å²) < 4.78 is 27.8. The molecule has 2 aromatic carbocycles. The summed E-state index contributed by atoms with van der Waals surface area (Å²) in [5.41, 5.74) is 2.43. The van der Waals surface area contributed by atoms with Crippen LogP contribution in [0.15, 0.2) is 47.4 Å². The predicted molar refractivity (Wildman–Crippen MR) is 122 cm³/mol. The van der Waals surface area contributed by atoms with Gasteiger partial charge in [-0.25, -0.2) is 8.42 Å². The highest BCUT2D eigenvalue weighted by Gasteiger charge is 2.34. The topological polar surface area (TPSA) is 83.6 Å². The van der Waals surface area contributed by atoms with Gasteiger partial charge >= 0.3 is 6.15 Å². The van der Waals surface area contributed by atoms with Gasteiger partial charge in [0.25, 0.3) is 10.0 Å². The summed E-state index contributed by atoms with van der Waals surface area (Å²) in [7, 11) is -2.06. The Bertz CT molecular complexity index is 1000. The molecule has 0 spiro atoms. The van der Waals surface area contributed by atoms with Gasteiger partial charge in [0.1, 0.15) is 0 Å². The van der Waals surface area contributed by atoms with Crippen LogP contribution in [0.3, 0.4) is 0 Å². The van der Waals surface area contributed by atoms with Gasteiger partial charge in [0.2, 0.25) is 0 Å². The molecular formula is C23H29ClN2O4S. The lowest BCUT2D eigenvalue weighted by molar-refractivity contribution is -0.191. The highest BCUT2D eigenvalue weighted by Crippen LogP contribution is 2.40. The van der Waals surface area contributed by atoms with E-state index < -0.39 is 10.0 Å². The van der Waals surface area contributed by atoms with Crippen molar-refractivity contribution in [2.75, 3.05) is 17.9 Å². The summed E-state index contributed by atoms with van der Waals surface area (Å²) in [6.45, 7) is 3.07. The van der Waals surface area contributed by atoms with Crippen LogP contribution < -0.4 is 9.62 Å². The predicted octanol–water partition coefficient (Wildman–Crippen LogP) is 4.93. The molecule has 1 atom stereocenters. The average Bonchev–Trinajstić information content (AvgIpc) is 2.82. The van der Waals surface area contributed by atoms with E-state index in [1.165, 1.54) is 36.4 Å². The van der Waals surface area contributed by atoms with E-state index in [-0.39, 0.29) is 17.1 Å². The van der Waals surface area contributed by atoms with Crippen molar-refractivity contribution < 1.29 is 18.0 Å². The Morgan fingerprint density at radius 3 is 2.35 bits per heavy atom. The maximum Gasteiger partial charge on any atom is 0.373 e. The summed E-state index contributed by atoms with van der Waals surface area (Å²) >= 11 is 6.15. The smallest absolute Gasteiger partial charge is 0.306 e. The Hall–Kier alpha value is -2.18. The minimum Gasteiger partial charge on any atom is -0.306 e. The number of para-hydroxylation sites is 1. The van der Waals surface area contributed by atoms with E-state index in [0.717, 1.165) is 24.1 Å². The standard InChI is InChI=1S/C22H29ClN2O2S.CO2/c1-3-4-5-6-7-10-15-24-22-18-11-8-9-12-20(18)25(2)28(26,27)21-16-17(23)13-14-19(21)22;2-1-3/h8-9,11-14,16,22,24H,3-7,10,15H2,1-2H3;. The minimum absolute atomic E-state index is 0.182. The van der Waals surface area contributed by atoms with Crippen molar-refractivity contribution in [1.29, 1.82) is 0 Å². The van der Waals surface area contributed by atoms with E-state index >= 15 is 0 Å². The lowest BCUT2D eigenvalue weighted by Gasteiger charge is -2.22. The molecule has 2 aromatic rings. The van der Waals surface area contributed by atoms with E-state index in [0.29, 0.717) is 10.7 Å². The van der Waals surface area contributed by atoms with Crippen molar-refractivity contribution in [3.8, 4) is 0 Å². The van der Waals surface area contributed by atoms with Crippen LogP contribution in [0.1, 0.15) is 62.6 Å². The molecular weight excluding hydrogens is 436 g/mol. The SMILES string of the molecule is CCCCCCCCNC1c2ccccc2N(C)S(=O)(=O)c2cc(Cl)ccc21.O=C=O. The molecule has 0 fully saturated rings. The largest absolute Gasteiger partial charge is 0.373 e.